The summed E-state index contributed by atoms with van der Waals surface area (Å²) >= 11 is 0. The summed E-state index contributed by atoms with van der Waals surface area (Å²) in [6.45, 7) is 1.20. The van der Waals surface area contributed by atoms with Crippen LogP contribution in [0.5, 0.6) is 0 Å². The fourth-order valence-corrected chi connectivity index (χ4v) is 3.83. The van der Waals surface area contributed by atoms with Crippen LogP contribution in [0, 0.1) is 0 Å². The van der Waals surface area contributed by atoms with E-state index in [0.717, 1.165) is 17.5 Å². The van der Waals surface area contributed by atoms with E-state index in [4.69, 9.17) is 5.21 Å². The molecular weight excluding hydrogens is 408 g/mol. The van der Waals surface area contributed by atoms with E-state index < -0.39 is 20.5 Å². The first kappa shape index (κ1) is 21.5. The number of hydrogen-bond donors (Lipinski definition) is 2. The third kappa shape index (κ3) is 4.19. The summed E-state index contributed by atoms with van der Waals surface area (Å²) in [5.41, 5.74) is 3.35. The number of para-hydroxylation sites is 1. The van der Waals surface area contributed by atoms with E-state index in [-0.39, 0.29) is 18.5 Å². The zero-order chi connectivity index (χ0) is 21.9. The Morgan fingerprint density at radius 2 is 1.90 bits per heavy atom. The van der Waals surface area contributed by atoms with Gasteiger partial charge in [-0.2, -0.15) is 5.10 Å². The number of carbonyl (C=O) groups is 1. The first-order valence-corrected chi connectivity index (χ1v) is 11.0. The zero-order valence-electron chi connectivity index (χ0n) is 16.5. The van der Waals surface area contributed by atoms with Crippen LogP contribution in [0.3, 0.4) is 0 Å². The Labute approximate surface area is 173 Å². The monoisotopic (exact) mass is 430 g/mol. The fourth-order valence-electron chi connectivity index (χ4n) is 2.99. The number of hydrogen-bond acceptors (Lipinski definition) is 6. The minimum absolute atomic E-state index is 0.0145. The van der Waals surface area contributed by atoms with E-state index in [9.17, 15) is 18.0 Å². The Hall–Kier alpha value is -3.24. The molecular formula is C20H22N4O5S. The van der Waals surface area contributed by atoms with Gasteiger partial charge in [-0.15, -0.1) is 0 Å². The number of nitrogens with one attached hydrogen (secondary N) is 1. The molecule has 2 N–H and O–H groups in total. The molecule has 3 aromatic rings. The molecule has 0 aliphatic heterocycles. The molecule has 1 aromatic carbocycles. The first-order valence-electron chi connectivity index (χ1n) is 9.11. The van der Waals surface area contributed by atoms with E-state index >= 15 is 0 Å². The average molecular weight is 430 g/mol. The molecule has 1 unspecified atom stereocenters. The van der Waals surface area contributed by atoms with Crippen molar-refractivity contribution < 1.29 is 18.4 Å². The van der Waals surface area contributed by atoms with Crippen molar-refractivity contribution in [3.8, 4) is 16.8 Å². The van der Waals surface area contributed by atoms with Gasteiger partial charge in [0.15, 0.2) is 14.6 Å². The Morgan fingerprint density at radius 1 is 1.20 bits per heavy atom. The molecule has 0 saturated heterocycles. The van der Waals surface area contributed by atoms with Gasteiger partial charge in [-0.05, 0) is 37.1 Å². The predicted octanol–water partition coefficient (Wildman–Crippen LogP) is 1.40. The number of amides is 1. The molecule has 0 radical (unpaired) electrons. The van der Waals surface area contributed by atoms with Crippen molar-refractivity contribution in [1.29, 1.82) is 0 Å². The Kier molecular flexibility index (Phi) is 5.90. The van der Waals surface area contributed by atoms with Crippen molar-refractivity contribution in [3.63, 3.8) is 0 Å². The number of rotatable bonds is 7. The molecule has 0 aliphatic rings. The van der Waals surface area contributed by atoms with Crippen LogP contribution in [0.4, 0.5) is 0 Å². The maximum absolute atomic E-state index is 12.5. The molecule has 1 atom stereocenters. The molecule has 158 valence electrons. The number of nitrogens with zero attached hydrogens (tertiary/aromatic N) is 3. The fraction of sp³-hybridized carbons (Fsp3) is 0.250. The summed E-state index contributed by atoms with van der Waals surface area (Å²) in [7, 11) is -3.83. The van der Waals surface area contributed by atoms with Crippen molar-refractivity contribution in [2.45, 2.75) is 24.6 Å². The highest BCUT2D eigenvalue weighted by molar-refractivity contribution is 7.92. The topological polar surface area (TPSA) is 123 Å². The molecule has 0 spiro atoms. The second kappa shape index (κ2) is 8.25. The van der Waals surface area contributed by atoms with Crippen LogP contribution in [-0.4, -0.2) is 44.9 Å². The van der Waals surface area contributed by atoms with Gasteiger partial charge in [0.25, 0.3) is 11.5 Å². The second-order valence-electron chi connectivity index (χ2n) is 7.15. The number of benzene rings is 1. The lowest BCUT2D eigenvalue weighted by atomic mass is 10.1. The summed E-state index contributed by atoms with van der Waals surface area (Å²) in [5.74, 6) is -1.04. The van der Waals surface area contributed by atoms with Gasteiger partial charge < -0.3 is 4.57 Å². The van der Waals surface area contributed by atoms with Crippen molar-refractivity contribution >= 4 is 15.7 Å². The maximum atomic E-state index is 12.5. The average Bonchev–Trinajstić information content (AvgIpc) is 3.22. The number of pyridine rings is 1. The van der Waals surface area contributed by atoms with Crippen LogP contribution < -0.4 is 11.0 Å². The molecule has 2 aromatic heterocycles. The van der Waals surface area contributed by atoms with Crippen molar-refractivity contribution in [2.75, 3.05) is 6.26 Å². The Balaban J connectivity index is 1.82. The molecule has 0 bridgehead atoms. The van der Waals surface area contributed by atoms with Gasteiger partial charge in [0, 0.05) is 36.8 Å². The molecule has 9 nitrogen and oxygen atoms in total. The molecule has 0 fully saturated rings. The summed E-state index contributed by atoms with van der Waals surface area (Å²) in [4.78, 5) is 24.4. The smallest absolute Gasteiger partial charge is 0.264 e. The lowest BCUT2D eigenvalue weighted by Crippen LogP contribution is -2.49. The van der Waals surface area contributed by atoms with Crippen molar-refractivity contribution in [3.05, 3.63) is 71.4 Å². The van der Waals surface area contributed by atoms with Gasteiger partial charge in [-0.3, -0.25) is 14.8 Å². The number of aryl methyl sites for hydroxylation is 1. The summed E-state index contributed by atoms with van der Waals surface area (Å²) in [5, 5.41) is 13.2. The molecule has 1 amide bonds. The van der Waals surface area contributed by atoms with Gasteiger partial charge in [-0.25, -0.2) is 18.6 Å². The van der Waals surface area contributed by atoms with Gasteiger partial charge >= 0.3 is 0 Å². The van der Waals surface area contributed by atoms with E-state index in [1.54, 1.807) is 23.1 Å². The molecule has 3 rings (SSSR count). The van der Waals surface area contributed by atoms with Crippen LogP contribution in [0.25, 0.3) is 16.8 Å². The Bertz CT molecular complexity index is 1220. The third-order valence-electron chi connectivity index (χ3n) is 5.16. The lowest BCUT2D eigenvalue weighted by molar-refractivity contribution is -0.131. The summed E-state index contributed by atoms with van der Waals surface area (Å²) < 4.78 is 25.3. The highest BCUT2D eigenvalue weighted by atomic mass is 32.2. The molecule has 0 saturated carbocycles. The van der Waals surface area contributed by atoms with Crippen LogP contribution in [0.2, 0.25) is 0 Å². The SMILES string of the molecule is CC(CCn1ccc(-c2cnn(-c3ccccc3)c2)cc1=O)(C(=O)NO)S(C)(=O)=O. The largest absolute Gasteiger partial charge is 0.315 e. The normalized spacial score (nSPS) is 13.6. The van der Waals surface area contributed by atoms with Gasteiger partial charge in [-0.1, -0.05) is 18.2 Å². The standard InChI is InChI=1S/C20H22N4O5S/c1-20(19(26)22-27,30(2,28)29)9-11-23-10-8-15(12-18(23)25)16-13-21-24(14-16)17-6-4-3-5-7-17/h3-8,10,12-14,27H,9,11H2,1-2H3,(H,22,26). The van der Waals surface area contributed by atoms with E-state index in [2.05, 4.69) is 5.10 Å². The van der Waals surface area contributed by atoms with Gasteiger partial charge in [0.2, 0.25) is 0 Å². The van der Waals surface area contributed by atoms with Crippen LogP contribution in [0.1, 0.15) is 13.3 Å². The minimum Gasteiger partial charge on any atom is -0.315 e. The number of aromatic nitrogens is 3. The lowest BCUT2D eigenvalue weighted by Gasteiger charge is -2.25. The van der Waals surface area contributed by atoms with Crippen LogP contribution in [-0.2, 0) is 21.2 Å². The predicted molar refractivity (Wildman–Crippen MR) is 111 cm³/mol. The minimum atomic E-state index is -3.83. The number of hydroxylamine groups is 1. The van der Waals surface area contributed by atoms with Crippen molar-refractivity contribution in [2.24, 2.45) is 0 Å². The van der Waals surface area contributed by atoms with E-state index in [1.165, 1.54) is 29.2 Å². The molecule has 0 aliphatic carbocycles. The van der Waals surface area contributed by atoms with Gasteiger partial charge in [0.05, 0.1) is 11.9 Å². The summed E-state index contributed by atoms with van der Waals surface area (Å²) in [6, 6.07) is 12.7. The van der Waals surface area contributed by atoms with Crippen LogP contribution in [0.15, 0.2) is 65.8 Å². The molecule has 10 heteroatoms. The quantitative estimate of drug-likeness (QED) is 0.431. The summed E-state index contributed by atoms with van der Waals surface area (Å²) in [6.07, 6.45) is 5.73. The highest BCUT2D eigenvalue weighted by Crippen LogP contribution is 2.23. The molecule has 2 heterocycles. The highest BCUT2D eigenvalue weighted by Gasteiger charge is 2.43. The number of sulfone groups is 1. The second-order valence-corrected chi connectivity index (χ2v) is 9.60. The van der Waals surface area contributed by atoms with Crippen LogP contribution >= 0.6 is 0 Å². The number of carbonyl (C=O) groups excluding carboxylic acids is 1. The van der Waals surface area contributed by atoms with E-state index in [0.29, 0.717) is 5.56 Å². The van der Waals surface area contributed by atoms with Gasteiger partial charge in [0.1, 0.15) is 0 Å². The maximum Gasteiger partial charge on any atom is 0.264 e. The Morgan fingerprint density at radius 3 is 2.50 bits per heavy atom. The van der Waals surface area contributed by atoms with E-state index in [1.807, 2.05) is 30.3 Å². The first-order chi connectivity index (χ1) is 14.2. The van der Waals surface area contributed by atoms with Crippen molar-refractivity contribution in [1.82, 2.24) is 19.8 Å². The molecule has 30 heavy (non-hydrogen) atoms. The third-order valence-corrected chi connectivity index (χ3v) is 7.19. The zero-order valence-corrected chi connectivity index (χ0v) is 17.3.